The molecule has 0 spiro atoms. The Kier molecular flexibility index (Phi) is 7.22. The summed E-state index contributed by atoms with van der Waals surface area (Å²) in [4.78, 5) is 31.4. The molecule has 1 atom stereocenters. The van der Waals surface area contributed by atoms with Gasteiger partial charge in [0, 0.05) is 7.05 Å². The number of aryl methyl sites for hydroxylation is 1. The van der Waals surface area contributed by atoms with Gasteiger partial charge < -0.3 is 14.4 Å². The van der Waals surface area contributed by atoms with Gasteiger partial charge in [0.15, 0.2) is 11.2 Å². The van der Waals surface area contributed by atoms with E-state index >= 15 is 0 Å². The number of aliphatic hydroxyl groups is 1. The predicted molar refractivity (Wildman–Crippen MR) is 136 cm³/mol. The number of hydrazone groups is 1. The largest absolute Gasteiger partial charge is 0.491 e. The van der Waals surface area contributed by atoms with Gasteiger partial charge in [0.25, 0.3) is 5.56 Å². The molecular weight excluding hydrogens is 448 g/mol. The summed E-state index contributed by atoms with van der Waals surface area (Å²) >= 11 is 0. The van der Waals surface area contributed by atoms with Crippen molar-refractivity contribution in [2.24, 2.45) is 12.1 Å². The molecule has 35 heavy (non-hydrogen) atoms. The summed E-state index contributed by atoms with van der Waals surface area (Å²) in [5.41, 5.74) is 3.66. The number of para-hydroxylation sites is 1. The second kappa shape index (κ2) is 10.7. The number of nitrogens with one attached hydrogen (secondary N) is 2. The lowest BCUT2D eigenvalue weighted by Gasteiger charge is -2.15. The normalized spacial score (nSPS) is 12.8. The van der Waals surface area contributed by atoms with Crippen LogP contribution in [0.2, 0.25) is 0 Å². The van der Waals surface area contributed by atoms with Gasteiger partial charge in [0.05, 0.1) is 12.3 Å². The summed E-state index contributed by atoms with van der Waals surface area (Å²) in [6, 6.07) is 18.9. The summed E-state index contributed by atoms with van der Waals surface area (Å²) in [6.07, 6.45) is 2.79. The lowest BCUT2D eigenvalue weighted by atomic mass is 10.2. The fourth-order valence-corrected chi connectivity index (χ4v) is 3.43. The van der Waals surface area contributed by atoms with Gasteiger partial charge in [0.1, 0.15) is 18.5 Å². The fourth-order valence-electron chi connectivity index (χ4n) is 3.43. The SMILES string of the molecule is CC(/C=C/c1ccccc1)=N\Nc1nc2c(c(=O)[nH]c(=O)n2C)n1CC(O)COc1ccccc1. The minimum absolute atomic E-state index is 0.00505. The Bertz CT molecular complexity index is 1470. The second-order valence-corrected chi connectivity index (χ2v) is 7.92. The molecule has 10 heteroatoms. The highest BCUT2D eigenvalue weighted by Gasteiger charge is 2.20. The van der Waals surface area contributed by atoms with E-state index in [4.69, 9.17) is 4.74 Å². The molecule has 2 heterocycles. The molecule has 4 aromatic rings. The molecule has 0 fully saturated rings. The molecule has 180 valence electrons. The summed E-state index contributed by atoms with van der Waals surface area (Å²) in [7, 11) is 1.51. The van der Waals surface area contributed by atoms with E-state index in [1.54, 1.807) is 12.1 Å². The zero-order valence-corrected chi connectivity index (χ0v) is 19.4. The van der Waals surface area contributed by atoms with Gasteiger partial charge in [-0.15, -0.1) is 0 Å². The van der Waals surface area contributed by atoms with E-state index in [0.717, 1.165) is 5.56 Å². The zero-order chi connectivity index (χ0) is 24.8. The van der Waals surface area contributed by atoms with Crippen LogP contribution in [0.15, 0.2) is 81.4 Å². The van der Waals surface area contributed by atoms with Crippen molar-refractivity contribution >= 4 is 28.9 Å². The minimum atomic E-state index is -0.965. The number of hydrogen-bond acceptors (Lipinski definition) is 7. The molecule has 2 aromatic heterocycles. The maximum atomic E-state index is 12.6. The Hall–Kier alpha value is -4.44. The fraction of sp³-hybridized carbons (Fsp3) is 0.200. The maximum Gasteiger partial charge on any atom is 0.329 e. The van der Waals surface area contributed by atoms with Crippen LogP contribution in [0.5, 0.6) is 5.75 Å². The number of aliphatic hydroxyl groups excluding tert-OH is 1. The topological polar surface area (TPSA) is 127 Å². The monoisotopic (exact) mass is 474 g/mol. The van der Waals surface area contributed by atoms with Crippen LogP contribution < -0.4 is 21.4 Å². The van der Waals surface area contributed by atoms with E-state index in [-0.39, 0.29) is 30.3 Å². The van der Waals surface area contributed by atoms with Gasteiger partial charge in [-0.3, -0.25) is 14.3 Å². The first-order chi connectivity index (χ1) is 16.9. The lowest BCUT2D eigenvalue weighted by Crippen LogP contribution is -2.30. The van der Waals surface area contributed by atoms with E-state index in [2.05, 4.69) is 20.5 Å². The number of allylic oxidation sites excluding steroid dienone is 1. The second-order valence-electron chi connectivity index (χ2n) is 7.92. The smallest absolute Gasteiger partial charge is 0.329 e. The Morgan fingerprint density at radius 2 is 1.86 bits per heavy atom. The van der Waals surface area contributed by atoms with E-state index in [9.17, 15) is 14.7 Å². The molecule has 0 radical (unpaired) electrons. The molecule has 0 aliphatic rings. The summed E-state index contributed by atoms with van der Waals surface area (Å²) in [5, 5.41) is 15.0. The van der Waals surface area contributed by atoms with Gasteiger partial charge in [-0.05, 0) is 30.7 Å². The first kappa shape index (κ1) is 23.7. The van der Waals surface area contributed by atoms with Crippen molar-refractivity contribution in [2.75, 3.05) is 12.0 Å². The van der Waals surface area contributed by atoms with Gasteiger partial charge >= 0.3 is 5.69 Å². The van der Waals surface area contributed by atoms with E-state index in [0.29, 0.717) is 11.5 Å². The molecule has 0 saturated heterocycles. The number of anilines is 1. The number of ether oxygens (including phenoxy) is 1. The van der Waals surface area contributed by atoms with Crippen LogP contribution in [0.4, 0.5) is 5.95 Å². The minimum Gasteiger partial charge on any atom is -0.491 e. The molecule has 3 N–H and O–H groups in total. The Labute approximate surface area is 200 Å². The number of benzene rings is 2. The summed E-state index contributed by atoms with van der Waals surface area (Å²) < 4.78 is 8.36. The molecule has 1 unspecified atom stereocenters. The number of nitrogens with zero attached hydrogens (tertiary/aromatic N) is 4. The molecule has 2 aromatic carbocycles. The Balaban J connectivity index is 1.60. The standard InChI is InChI=1S/C25H26N6O4/c1-17(13-14-18-9-5-3-6-10-18)28-29-24-26-22-21(23(33)27-25(34)30(22)2)31(24)15-19(32)16-35-20-11-7-4-8-12-20/h3-14,19,32H,15-16H2,1-2H3,(H,26,29)(H,27,33,34)/b14-13+,28-17+. The third-order valence-corrected chi connectivity index (χ3v) is 5.23. The van der Waals surface area contributed by atoms with Crippen molar-refractivity contribution in [1.82, 2.24) is 19.1 Å². The molecule has 10 nitrogen and oxygen atoms in total. The number of aromatic nitrogens is 4. The molecule has 0 amide bonds. The number of aromatic amines is 1. The van der Waals surface area contributed by atoms with Crippen LogP contribution in [0.3, 0.4) is 0 Å². The lowest BCUT2D eigenvalue weighted by molar-refractivity contribution is 0.0938. The van der Waals surface area contributed by atoms with Crippen molar-refractivity contribution in [3.05, 3.63) is 93.1 Å². The average molecular weight is 475 g/mol. The summed E-state index contributed by atoms with van der Waals surface area (Å²) in [6.45, 7) is 1.79. The molecule has 0 aliphatic carbocycles. The molecule has 0 saturated carbocycles. The first-order valence-corrected chi connectivity index (χ1v) is 11.0. The molecule has 0 bridgehead atoms. The van der Waals surface area contributed by atoms with Crippen molar-refractivity contribution in [1.29, 1.82) is 0 Å². The highest BCUT2D eigenvalue weighted by Crippen LogP contribution is 2.17. The first-order valence-electron chi connectivity index (χ1n) is 11.0. The van der Waals surface area contributed by atoms with Crippen LogP contribution in [0, 0.1) is 0 Å². The van der Waals surface area contributed by atoms with Crippen molar-refractivity contribution in [3.8, 4) is 5.75 Å². The number of hydrogen-bond donors (Lipinski definition) is 3. The van der Waals surface area contributed by atoms with Crippen LogP contribution in [0.25, 0.3) is 17.2 Å². The Morgan fingerprint density at radius 3 is 2.57 bits per heavy atom. The predicted octanol–water partition coefficient (Wildman–Crippen LogP) is 2.36. The Morgan fingerprint density at radius 1 is 1.17 bits per heavy atom. The zero-order valence-electron chi connectivity index (χ0n) is 19.4. The van der Waals surface area contributed by atoms with Crippen LogP contribution in [0.1, 0.15) is 12.5 Å². The third kappa shape index (κ3) is 5.74. The highest BCUT2D eigenvalue weighted by molar-refractivity contribution is 5.96. The summed E-state index contributed by atoms with van der Waals surface area (Å²) in [5.74, 6) is 0.823. The van der Waals surface area contributed by atoms with Crippen LogP contribution in [-0.2, 0) is 13.6 Å². The van der Waals surface area contributed by atoms with Crippen LogP contribution >= 0.6 is 0 Å². The molecule has 4 rings (SSSR count). The molecular formula is C25H26N6O4. The maximum absolute atomic E-state index is 12.6. The highest BCUT2D eigenvalue weighted by atomic mass is 16.5. The number of rotatable bonds is 9. The number of imidazole rings is 1. The van der Waals surface area contributed by atoms with E-state index in [1.165, 1.54) is 16.2 Å². The van der Waals surface area contributed by atoms with Gasteiger partial charge in [-0.2, -0.15) is 10.1 Å². The quantitative estimate of drug-likeness (QED) is 0.253. The van der Waals surface area contributed by atoms with Crippen molar-refractivity contribution in [3.63, 3.8) is 0 Å². The number of fused-ring (bicyclic) bond motifs is 1. The third-order valence-electron chi connectivity index (χ3n) is 5.23. The van der Waals surface area contributed by atoms with Gasteiger partial charge in [-0.25, -0.2) is 10.2 Å². The number of H-pyrrole nitrogens is 1. The molecule has 0 aliphatic heterocycles. The van der Waals surface area contributed by atoms with E-state index < -0.39 is 17.4 Å². The van der Waals surface area contributed by atoms with Gasteiger partial charge in [0.2, 0.25) is 5.95 Å². The van der Waals surface area contributed by atoms with Gasteiger partial charge in [-0.1, -0.05) is 54.6 Å². The van der Waals surface area contributed by atoms with Crippen molar-refractivity contribution in [2.45, 2.75) is 19.6 Å². The van der Waals surface area contributed by atoms with E-state index in [1.807, 2.05) is 67.6 Å². The average Bonchev–Trinajstić information content (AvgIpc) is 3.23. The van der Waals surface area contributed by atoms with Crippen molar-refractivity contribution < 1.29 is 9.84 Å². The van der Waals surface area contributed by atoms with Crippen LogP contribution in [-0.4, -0.2) is 42.6 Å².